The number of nitrogens with one attached hydrogen (secondary N) is 1. The first kappa shape index (κ1) is 27.4. The maximum absolute atomic E-state index is 14.6. The summed E-state index contributed by atoms with van der Waals surface area (Å²) in [5, 5.41) is 36.2. The average Bonchev–Trinajstić information content (AvgIpc) is 3.26. The van der Waals surface area contributed by atoms with Crippen molar-refractivity contribution in [3.63, 3.8) is 0 Å². The van der Waals surface area contributed by atoms with Crippen LogP contribution in [-0.4, -0.2) is 44.1 Å². The average molecular weight is 509 g/mol. The van der Waals surface area contributed by atoms with Crippen LogP contribution in [0.5, 0.6) is 5.88 Å². The lowest BCUT2D eigenvalue weighted by molar-refractivity contribution is -0.137. The van der Waals surface area contributed by atoms with E-state index in [1.54, 1.807) is 31.2 Å². The summed E-state index contributed by atoms with van der Waals surface area (Å²) in [7, 11) is 0. The summed E-state index contributed by atoms with van der Waals surface area (Å²) < 4.78 is 21.6. The minimum atomic E-state index is -1.27. The highest BCUT2D eigenvalue weighted by Crippen LogP contribution is 2.31. The number of aliphatic carboxylic acids is 1. The zero-order chi connectivity index (χ0) is 27.4. The number of aliphatic hydroxyl groups is 1. The Hall–Kier alpha value is -4.23. The van der Waals surface area contributed by atoms with Crippen LogP contribution in [0.25, 0.3) is 5.69 Å². The van der Waals surface area contributed by atoms with Crippen molar-refractivity contribution in [3.05, 3.63) is 77.2 Å². The van der Waals surface area contributed by atoms with Crippen molar-refractivity contribution >= 4 is 11.9 Å². The van der Waals surface area contributed by atoms with Crippen LogP contribution >= 0.6 is 0 Å². The number of halogens is 1. The molecular formula is C27H29FN4O5. The summed E-state index contributed by atoms with van der Waals surface area (Å²) >= 11 is 0. The van der Waals surface area contributed by atoms with Gasteiger partial charge < -0.3 is 20.3 Å². The van der Waals surface area contributed by atoms with E-state index in [1.165, 1.54) is 30.3 Å². The normalized spacial score (nSPS) is 13.8. The third kappa shape index (κ3) is 6.51. The predicted octanol–water partition coefficient (Wildman–Crippen LogP) is 4.00. The third-order valence-electron chi connectivity index (χ3n) is 6.21. The number of nitrogens with zero attached hydrogens (tertiary/aromatic N) is 3. The van der Waals surface area contributed by atoms with Gasteiger partial charge in [0, 0.05) is 6.07 Å². The standard InChI is InChI=1S/C27H29FN4O5/c1-26(2,3)27(4,36)16-37-23-13-21(31-32(23)22-11-6-5-10-19(22)28)25(35)30-20(14-24(33)34)18-9-7-8-17(12-18)15-29/h5-13,20,36H,14,16H2,1-4H3,(H,30,35)(H,33,34)/t20-,27-/m0/s1. The minimum Gasteiger partial charge on any atom is -0.481 e. The van der Waals surface area contributed by atoms with Gasteiger partial charge in [0.2, 0.25) is 5.88 Å². The van der Waals surface area contributed by atoms with Crippen molar-refractivity contribution in [2.75, 3.05) is 6.61 Å². The van der Waals surface area contributed by atoms with E-state index < -0.39 is 41.2 Å². The number of nitriles is 1. The lowest BCUT2D eigenvalue weighted by atomic mass is 9.78. The number of carbonyl (C=O) groups is 2. The molecule has 3 aromatic rings. The van der Waals surface area contributed by atoms with E-state index in [-0.39, 0.29) is 23.9 Å². The molecule has 1 aromatic heterocycles. The number of carboxylic acids is 1. The molecule has 0 aliphatic rings. The topological polar surface area (TPSA) is 137 Å². The number of rotatable bonds is 9. The molecule has 3 rings (SSSR count). The zero-order valence-corrected chi connectivity index (χ0v) is 21.0. The summed E-state index contributed by atoms with van der Waals surface area (Å²) in [6.07, 6.45) is -0.438. The number of ether oxygens (including phenoxy) is 1. The maximum atomic E-state index is 14.6. The molecule has 0 aliphatic heterocycles. The van der Waals surface area contributed by atoms with Crippen LogP contribution in [0.3, 0.4) is 0 Å². The largest absolute Gasteiger partial charge is 0.481 e. The molecule has 0 unspecified atom stereocenters. The highest BCUT2D eigenvalue weighted by molar-refractivity contribution is 5.93. The van der Waals surface area contributed by atoms with Crippen molar-refractivity contribution in [1.29, 1.82) is 5.26 Å². The summed E-state index contributed by atoms with van der Waals surface area (Å²) in [6, 6.07) is 14.4. The van der Waals surface area contributed by atoms with E-state index in [1.807, 2.05) is 26.8 Å². The van der Waals surface area contributed by atoms with Gasteiger partial charge in [0.25, 0.3) is 5.91 Å². The second-order valence-corrected chi connectivity index (χ2v) is 9.90. The van der Waals surface area contributed by atoms with Crippen LogP contribution in [-0.2, 0) is 4.79 Å². The molecule has 0 bridgehead atoms. The molecule has 3 N–H and O–H groups in total. The molecule has 0 saturated carbocycles. The smallest absolute Gasteiger partial charge is 0.305 e. The third-order valence-corrected chi connectivity index (χ3v) is 6.21. The first-order valence-corrected chi connectivity index (χ1v) is 11.6. The first-order valence-electron chi connectivity index (χ1n) is 11.6. The highest BCUT2D eigenvalue weighted by Gasteiger charge is 2.36. The van der Waals surface area contributed by atoms with Gasteiger partial charge in [0.15, 0.2) is 5.69 Å². The van der Waals surface area contributed by atoms with Crippen LogP contribution < -0.4 is 10.1 Å². The van der Waals surface area contributed by atoms with Crippen LogP contribution in [0.1, 0.15) is 61.8 Å². The van der Waals surface area contributed by atoms with Gasteiger partial charge in [-0.15, -0.1) is 0 Å². The van der Waals surface area contributed by atoms with Crippen molar-refractivity contribution in [2.45, 2.75) is 45.8 Å². The number of benzene rings is 2. The number of amides is 1. The Balaban J connectivity index is 1.97. The lowest BCUT2D eigenvalue weighted by Crippen LogP contribution is -2.45. The maximum Gasteiger partial charge on any atom is 0.305 e. The second-order valence-electron chi connectivity index (χ2n) is 9.90. The molecule has 0 fully saturated rings. The molecule has 0 saturated heterocycles. The fraction of sp³-hybridized carbons (Fsp3) is 0.333. The quantitative estimate of drug-likeness (QED) is 0.397. The molecule has 1 heterocycles. The molecule has 194 valence electrons. The van der Waals surface area contributed by atoms with E-state index in [2.05, 4.69) is 10.4 Å². The Morgan fingerprint density at radius 1 is 1.16 bits per heavy atom. The van der Waals surface area contributed by atoms with E-state index in [9.17, 15) is 29.5 Å². The highest BCUT2D eigenvalue weighted by atomic mass is 19.1. The van der Waals surface area contributed by atoms with Gasteiger partial charge in [-0.25, -0.2) is 4.39 Å². The molecule has 2 atom stereocenters. The molecule has 2 aromatic carbocycles. The van der Waals surface area contributed by atoms with Crippen molar-refractivity contribution in [2.24, 2.45) is 5.41 Å². The predicted molar refractivity (Wildman–Crippen MR) is 133 cm³/mol. The van der Waals surface area contributed by atoms with Crippen LogP contribution in [0, 0.1) is 22.6 Å². The number of para-hydroxylation sites is 1. The van der Waals surface area contributed by atoms with Gasteiger partial charge in [0.1, 0.15) is 23.7 Å². The SMILES string of the molecule is CC(C)(C)[C@@](C)(O)COc1cc(C(=O)N[C@@H](CC(=O)O)c2cccc(C#N)c2)nn1-c1ccccc1F. The molecule has 0 aliphatic carbocycles. The van der Waals surface area contributed by atoms with Gasteiger partial charge in [-0.2, -0.15) is 15.0 Å². The Bertz CT molecular complexity index is 1340. The molecule has 9 nitrogen and oxygen atoms in total. The Kier molecular flexibility index (Phi) is 7.99. The van der Waals surface area contributed by atoms with Crippen molar-refractivity contribution in [3.8, 4) is 17.6 Å². The van der Waals surface area contributed by atoms with E-state index in [0.717, 1.165) is 4.68 Å². The Labute approximate surface area is 214 Å². The van der Waals surface area contributed by atoms with Gasteiger partial charge in [-0.3, -0.25) is 9.59 Å². The molecule has 0 spiro atoms. The summed E-state index contributed by atoms with van der Waals surface area (Å²) in [4.78, 5) is 24.6. The fourth-order valence-corrected chi connectivity index (χ4v) is 3.29. The van der Waals surface area contributed by atoms with E-state index in [4.69, 9.17) is 4.74 Å². The second kappa shape index (κ2) is 10.8. The molecule has 10 heteroatoms. The summed E-state index contributed by atoms with van der Waals surface area (Å²) in [5.41, 5.74) is -1.19. The van der Waals surface area contributed by atoms with Crippen LogP contribution in [0.2, 0.25) is 0 Å². The Morgan fingerprint density at radius 3 is 2.49 bits per heavy atom. The van der Waals surface area contributed by atoms with Crippen LogP contribution in [0.4, 0.5) is 4.39 Å². The van der Waals surface area contributed by atoms with Gasteiger partial charge in [0.05, 0.1) is 24.1 Å². The van der Waals surface area contributed by atoms with E-state index >= 15 is 0 Å². The summed E-state index contributed by atoms with van der Waals surface area (Å²) in [5.74, 6) is -2.47. The van der Waals surface area contributed by atoms with Crippen molar-refractivity contribution < 1.29 is 28.9 Å². The lowest BCUT2D eigenvalue weighted by Gasteiger charge is -2.36. The zero-order valence-electron chi connectivity index (χ0n) is 21.0. The fourth-order valence-electron chi connectivity index (χ4n) is 3.29. The number of hydrogen-bond donors (Lipinski definition) is 3. The van der Waals surface area contributed by atoms with E-state index in [0.29, 0.717) is 11.1 Å². The van der Waals surface area contributed by atoms with Gasteiger partial charge >= 0.3 is 5.97 Å². The van der Waals surface area contributed by atoms with Crippen LogP contribution in [0.15, 0.2) is 54.6 Å². The number of carboxylic acid groups (broad SMARTS) is 1. The molecule has 37 heavy (non-hydrogen) atoms. The van der Waals surface area contributed by atoms with Gasteiger partial charge in [-0.1, -0.05) is 45.0 Å². The number of carbonyl (C=O) groups excluding carboxylic acids is 1. The van der Waals surface area contributed by atoms with Crippen molar-refractivity contribution in [1.82, 2.24) is 15.1 Å². The first-order chi connectivity index (χ1) is 17.3. The summed E-state index contributed by atoms with van der Waals surface area (Å²) in [6.45, 7) is 6.96. The minimum absolute atomic E-state index is 0.0148. The molecule has 1 amide bonds. The number of aromatic nitrogens is 2. The molecule has 0 radical (unpaired) electrons. The monoisotopic (exact) mass is 508 g/mol. The molecular weight excluding hydrogens is 479 g/mol. The number of hydrogen-bond acceptors (Lipinski definition) is 6. The Morgan fingerprint density at radius 2 is 1.86 bits per heavy atom. The van der Waals surface area contributed by atoms with Gasteiger partial charge in [-0.05, 0) is 42.2 Å².